The van der Waals surface area contributed by atoms with Gasteiger partial charge < -0.3 is 14.7 Å². The lowest BCUT2D eigenvalue weighted by Gasteiger charge is -2.32. The second-order valence-electron chi connectivity index (χ2n) is 8.85. The molecule has 2 saturated heterocycles. The lowest BCUT2D eigenvalue weighted by molar-refractivity contribution is 0.0665. The molecule has 4 heterocycles. The van der Waals surface area contributed by atoms with Gasteiger partial charge in [-0.15, -0.1) is 0 Å². The molecule has 0 N–H and O–H groups in total. The van der Waals surface area contributed by atoms with Gasteiger partial charge in [0.25, 0.3) is 11.8 Å². The van der Waals surface area contributed by atoms with E-state index in [-0.39, 0.29) is 17.7 Å². The fourth-order valence-corrected chi connectivity index (χ4v) is 4.66. The Balaban J connectivity index is 1.42. The van der Waals surface area contributed by atoms with Gasteiger partial charge in [0.05, 0.1) is 22.8 Å². The Morgan fingerprint density at radius 1 is 0.969 bits per heavy atom. The van der Waals surface area contributed by atoms with E-state index in [1.165, 1.54) is 0 Å². The van der Waals surface area contributed by atoms with E-state index < -0.39 is 0 Å². The van der Waals surface area contributed by atoms with Crippen LogP contribution in [0.3, 0.4) is 0 Å². The first-order valence-corrected chi connectivity index (χ1v) is 11.1. The smallest absolute Gasteiger partial charge is 0.257 e. The van der Waals surface area contributed by atoms with Crippen molar-refractivity contribution in [2.75, 3.05) is 46.3 Å². The first-order chi connectivity index (χ1) is 15.5. The van der Waals surface area contributed by atoms with E-state index in [0.717, 1.165) is 49.2 Å². The molecule has 8 nitrogen and oxygen atoms in total. The van der Waals surface area contributed by atoms with E-state index >= 15 is 0 Å². The zero-order valence-electron chi connectivity index (χ0n) is 18.6. The number of pyridine rings is 1. The predicted octanol–water partition coefficient (Wildman–Crippen LogP) is 1.99. The van der Waals surface area contributed by atoms with Crippen molar-refractivity contribution in [3.05, 3.63) is 59.5 Å². The van der Waals surface area contributed by atoms with Crippen LogP contribution >= 0.6 is 0 Å². The SMILES string of the molecule is CN1CCN(C(=O)c2cc([C@@H]3CCN(C(=O)c4cnn(C)c4)C3)nc3ccccc23)CC1. The normalized spacial score (nSPS) is 19.6. The minimum Gasteiger partial charge on any atom is -0.338 e. The highest BCUT2D eigenvalue weighted by Gasteiger charge is 2.31. The number of carbonyl (C=O) groups excluding carboxylic acids is 2. The minimum atomic E-state index is -0.00451. The maximum atomic E-state index is 13.5. The van der Waals surface area contributed by atoms with Gasteiger partial charge in [-0.3, -0.25) is 19.3 Å². The molecule has 2 amide bonds. The van der Waals surface area contributed by atoms with Crippen molar-refractivity contribution in [1.29, 1.82) is 0 Å². The van der Waals surface area contributed by atoms with Crippen LogP contribution in [0.1, 0.15) is 38.7 Å². The molecule has 2 aromatic heterocycles. The Kier molecular flexibility index (Phi) is 5.38. The van der Waals surface area contributed by atoms with E-state index in [1.54, 1.807) is 17.1 Å². The third-order valence-corrected chi connectivity index (χ3v) is 6.60. The summed E-state index contributed by atoms with van der Waals surface area (Å²) in [5.41, 5.74) is 3.04. The zero-order chi connectivity index (χ0) is 22.2. The Hall–Kier alpha value is -3.26. The van der Waals surface area contributed by atoms with Crippen molar-refractivity contribution in [1.82, 2.24) is 29.5 Å². The first-order valence-electron chi connectivity index (χ1n) is 11.1. The Morgan fingerprint density at radius 3 is 2.50 bits per heavy atom. The van der Waals surface area contributed by atoms with Gasteiger partial charge in [0.1, 0.15) is 0 Å². The summed E-state index contributed by atoms with van der Waals surface area (Å²) in [5.74, 6) is 0.175. The van der Waals surface area contributed by atoms with E-state index in [4.69, 9.17) is 4.98 Å². The number of likely N-dealkylation sites (N-methyl/N-ethyl adjacent to an activating group) is 1. The zero-order valence-corrected chi connectivity index (χ0v) is 18.6. The molecule has 1 atom stereocenters. The summed E-state index contributed by atoms with van der Waals surface area (Å²) in [6, 6.07) is 9.81. The van der Waals surface area contributed by atoms with Crippen LogP contribution in [-0.4, -0.2) is 87.6 Å². The van der Waals surface area contributed by atoms with Crippen molar-refractivity contribution < 1.29 is 9.59 Å². The van der Waals surface area contributed by atoms with Crippen molar-refractivity contribution in [3.63, 3.8) is 0 Å². The Morgan fingerprint density at radius 2 is 1.75 bits per heavy atom. The average molecular weight is 433 g/mol. The second kappa shape index (κ2) is 8.35. The highest BCUT2D eigenvalue weighted by atomic mass is 16.2. The number of aryl methyl sites for hydroxylation is 1. The molecule has 2 aliphatic rings. The van der Waals surface area contributed by atoms with Gasteiger partial charge in [-0.1, -0.05) is 18.2 Å². The van der Waals surface area contributed by atoms with Gasteiger partial charge in [-0.2, -0.15) is 5.10 Å². The largest absolute Gasteiger partial charge is 0.338 e. The van der Waals surface area contributed by atoms with Gasteiger partial charge in [0.15, 0.2) is 0 Å². The van der Waals surface area contributed by atoms with Crippen LogP contribution in [0, 0.1) is 0 Å². The topological polar surface area (TPSA) is 74.6 Å². The summed E-state index contributed by atoms with van der Waals surface area (Å²) < 4.78 is 1.64. The van der Waals surface area contributed by atoms with Crippen LogP contribution in [0.2, 0.25) is 0 Å². The molecule has 0 saturated carbocycles. The maximum absolute atomic E-state index is 13.5. The van der Waals surface area contributed by atoms with Gasteiger partial charge in [-0.25, -0.2) is 0 Å². The number of piperazine rings is 1. The van der Waals surface area contributed by atoms with Crippen molar-refractivity contribution in [2.24, 2.45) is 7.05 Å². The summed E-state index contributed by atoms with van der Waals surface area (Å²) >= 11 is 0. The van der Waals surface area contributed by atoms with E-state index in [2.05, 4.69) is 17.0 Å². The highest BCUT2D eigenvalue weighted by Crippen LogP contribution is 2.30. The predicted molar refractivity (Wildman–Crippen MR) is 122 cm³/mol. The lowest BCUT2D eigenvalue weighted by Crippen LogP contribution is -2.47. The number of carbonyl (C=O) groups is 2. The van der Waals surface area contributed by atoms with Crippen molar-refractivity contribution >= 4 is 22.7 Å². The maximum Gasteiger partial charge on any atom is 0.257 e. The molecule has 8 heteroatoms. The van der Waals surface area contributed by atoms with Crippen LogP contribution in [0.25, 0.3) is 10.9 Å². The van der Waals surface area contributed by atoms with Crippen LogP contribution in [0.15, 0.2) is 42.7 Å². The van der Waals surface area contributed by atoms with Crippen LogP contribution < -0.4 is 0 Å². The van der Waals surface area contributed by atoms with Crippen LogP contribution in [0.5, 0.6) is 0 Å². The minimum absolute atomic E-state index is 0.00451. The number of amides is 2. The number of aromatic nitrogens is 3. The molecule has 0 spiro atoms. The number of hydrogen-bond acceptors (Lipinski definition) is 5. The summed E-state index contributed by atoms with van der Waals surface area (Å²) in [7, 11) is 3.89. The third kappa shape index (κ3) is 3.86. The molecule has 0 aliphatic carbocycles. The number of fused-ring (bicyclic) bond motifs is 1. The number of nitrogens with zero attached hydrogens (tertiary/aromatic N) is 6. The average Bonchev–Trinajstić information content (AvgIpc) is 3.47. The van der Waals surface area contributed by atoms with E-state index in [1.807, 2.05) is 47.2 Å². The third-order valence-electron chi connectivity index (χ3n) is 6.60. The fraction of sp³-hybridized carbons (Fsp3) is 0.417. The Bertz CT molecular complexity index is 1160. The number of hydrogen-bond donors (Lipinski definition) is 0. The summed E-state index contributed by atoms with van der Waals surface area (Å²) in [5, 5.41) is 5.00. The number of rotatable bonds is 3. The van der Waals surface area contributed by atoms with Crippen LogP contribution in [0.4, 0.5) is 0 Å². The molecule has 5 rings (SSSR count). The monoisotopic (exact) mass is 432 g/mol. The molecule has 0 radical (unpaired) electrons. The second-order valence-corrected chi connectivity index (χ2v) is 8.85. The van der Waals surface area contributed by atoms with E-state index in [9.17, 15) is 9.59 Å². The molecule has 0 unspecified atom stereocenters. The fourth-order valence-electron chi connectivity index (χ4n) is 4.66. The highest BCUT2D eigenvalue weighted by molar-refractivity contribution is 6.06. The van der Waals surface area contributed by atoms with Gasteiger partial charge in [0, 0.05) is 69.5 Å². The van der Waals surface area contributed by atoms with Gasteiger partial charge in [0.2, 0.25) is 0 Å². The van der Waals surface area contributed by atoms with Crippen molar-refractivity contribution in [3.8, 4) is 0 Å². The number of likely N-dealkylation sites (tertiary alicyclic amines) is 1. The lowest BCUT2D eigenvalue weighted by atomic mass is 9.98. The molecule has 1 aromatic carbocycles. The molecule has 0 bridgehead atoms. The Labute approximate surface area is 187 Å². The standard InChI is InChI=1S/C24H28N6O2/c1-27-9-11-29(12-10-27)24(32)20-13-22(26-21-6-4-3-5-19(20)21)17-7-8-30(16-17)23(31)18-14-25-28(2)15-18/h3-6,13-15,17H,7-12,16H2,1-2H3/t17-/m1/s1. The molecule has 2 aliphatic heterocycles. The van der Waals surface area contributed by atoms with Gasteiger partial charge >= 0.3 is 0 Å². The van der Waals surface area contributed by atoms with Gasteiger partial charge in [-0.05, 0) is 25.6 Å². The molecule has 2 fully saturated rings. The first kappa shape index (κ1) is 20.6. The molecule has 166 valence electrons. The van der Waals surface area contributed by atoms with E-state index in [0.29, 0.717) is 24.2 Å². The van der Waals surface area contributed by atoms with Crippen LogP contribution in [-0.2, 0) is 7.05 Å². The quantitative estimate of drug-likeness (QED) is 0.633. The summed E-state index contributed by atoms with van der Waals surface area (Å²) in [6.07, 6.45) is 4.19. The number of para-hydroxylation sites is 1. The number of benzene rings is 1. The molecular formula is C24H28N6O2. The molecular weight excluding hydrogens is 404 g/mol. The van der Waals surface area contributed by atoms with Crippen molar-refractivity contribution in [2.45, 2.75) is 12.3 Å². The summed E-state index contributed by atoms with van der Waals surface area (Å²) in [6.45, 7) is 4.51. The molecule has 32 heavy (non-hydrogen) atoms. The molecule has 3 aromatic rings. The summed E-state index contributed by atoms with van der Waals surface area (Å²) in [4.78, 5) is 37.2.